The van der Waals surface area contributed by atoms with Crippen LogP contribution in [0.4, 0.5) is 0 Å². The van der Waals surface area contributed by atoms with E-state index in [4.69, 9.17) is 4.74 Å². The van der Waals surface area contributed by atoms with E-state index in [0.717, 1.165) is 33.9 Å². The molecule has 7 nitrogen and oxygen atoms in total. The maximum Gasteiger partial charge on any atom is 0.376 e. The highest BCUT2D eigenvalue weighted by molar-refractivity contribution is 7.99. The van der Waals surface area contributed by atoms with Gasteiger partial charge in [-0.25, -0.2) is 4.79 Å². The predicted molar refractivity (Wildman–Crippen MR) is 131 cm³/mol. The van der Waals surface area contributed by atoms with E-state index < -0.39 is 19.1 Å². The summed E-state index contributed by atoms with van der Waals surface area (Å²) in [6.07, 6.45) is 4.07. The predicted octanol–water partition coefficient (Wildman–Crippen LogP) is 3.77. The molecule has 1 aliphatic heterocycles. The van der Waals surface area contributed by atoms with Gasteiger partial charge in [0.1, 0.15) is 11.9 Å². The number of carboxylic acid groups (broad SMARTS) is 1. The zero-order valence-electron chi connectivity index (χ0n) is 18.9. The first-order valence-corrected chi connectivity index (χ1v) is 12.0. The number of hydrogen-bond acceptors (Lipinski definition) is 7. The summed E-state index contributed by atoms with van der Waals surface area (Å²) in [6.45, 7) is 2.46. The SMILES string of the molecule is CB(O)N(C[C@H]1CCc2cc(Sc3cccc(C(=O)O)c3)ccc2O1)C[C@H](O)c1cccnc1. The Balaban J connectivity index is 1.39. The maximum absolute atomic E-state index is 11.2. The Morgan fingerprint density at radius 1 is 1.24 bits per heavy atom. The summed E-state index contributed by atoms with van der Waals surface area (Å²) in [5.74, 6) is -0.121. The molecule has 3 aromatic rings. The number of carbonyl (C=O) groups is 1. The van der Waals surface area contributed by atoms with Crippen molar-refractivity contribution in [1.29, 1.82) is 0 Å². The van der Waals surface area contributed by atoms with Crippen LogP contribution in [0.15, 0.2) is 76.8 Å². The average molecular weight is 478 g/mol. The van der Waals surface area contributed by atoms with Gasteiger partial charge in [0.2, 0.25) is 0 Å². The van der Waals surface area contributed by atoms with Crippen LogP contribution in [0.3, 0.4) is 0 Å². The quantitative estimate of drug-likeness (QED) is 0.400. The van der Waals surface area contributed by atoms with E-state index in [1.165, 1.54) is 11.8 Å². The fourth-order valence-corrected chi connectivity index (χ4v) is 4.93. The van der Waals surface area contributed by atoms with Gasteiger partial charge in [0.05, 0.1) is 11.7 Å². The van der Waals surface area contributed by atoms with Crippen molar-refractivity contribution in [2.75, 3.05) is 13.1 Å². The summed E-state index contributed by atoms with van der Waals surface area (Å²) in [4.78, 5) is 19.0. The van der Waals surface area contributed by atoms with Gasteiger partial charge in [-0.2, -0.15) is 0 Å². The largest absolute Gasteiger partial charge is 0.489 e. The second kappa shape index (κ2) is 11.1. The van der Waals surface area contributed by atoms with Gasteiger partial charge in [-0.15, -0.1) is 0 Å². The van der Waals surface area contributed by atoms with Crippen molar-refractivity contribution in [2.45, 2.75) is 41.7 Å². The van der Waals surface area contributed by atoms with Crippen LogP contribution in [-0.4, -0.2) is 57.2 Å². The van der Waals surface area contributed by atoms with E-state index in [9.17, 15) is 20.0 Å². The number of ether oxygens (including phenoxy) is 1. The zero-order valence-corrected chi connectivity index (χ0v) is 19.7. The average Bonchev–Trinajstić information content (AvgIpc) is 2.84. The van der Waals surface area contributed by atoms with Crippen LogP contribution >= 0.6 is 11.8 Å². The number of nitrogens with zero attached hydrogens (tertiary/aromatic N) is 2. The molecule has 0 unspecified atom stereocenters. The van der Waals surface area contributed by atoms with Crippen LogP contribution in [0.2, 0.25) is 6.82 Å². The first-order valence-electron chi connectivity index (χ1n) is 11.2. The molecule has 2 atom stereocenters. The number of aliphatic hydroxyl groups is 1. The van der Waals surface area contributed by atoms with Crippen LogP contribution in [0.25, 0.3) is 0 Å². The molecule has 0 saturated carbocycles. The zero-order chi connectivity index (χ0) is 24.1. The minimum Gasteiger partial charge on any atom is -0.489 e. The van der Waals surface area contributed by atoms with E-state index >= 15 is 0 Å². The Morgan fingerprint density at radius 3 is 2.79 bits per heavy atom. The Hall–Kier alpha value is -2.85. The van der Waals surface area contributed by atoms with Crippen LogP contribution in [-0.2, 0) is 6.42 Å². The lowest BCUT2D eigenvalue weighted by atomic mass is 9.83. The van der Waals surface area contributed by atoms with Crippen molar-refractivity contribution >= 4 is 24.8 Å². The number of rotatable bonds is 9. The Morgan fingerprint density at radius 2 is 2.06 bits per heavy atom. The molecule has 0 aliphatic carbocycles. The van der Waals surface area contributed by atoms with Gasteiger partial charge in [-0.1, -0.05) is 23.9 Å². The smallest absolute Gasteiger partial charge is 0.376 e. The molecule has 4 rings (SSSR count). The fraction of sp³-hybridized carbons (Fsp3) is 0.280. The highest BCUT2D eigenvalue weighted by Gasteiger charge is 2.27. The molecule has 0 fully saturated rings. The van der Waals surface area contributed by atoms with Crippen LogP contribution in [0.1, 0.15) is 34.0 Å². The van der Waals surface area contributed by atoms with Gasteiger partial charge >= 0.3 is 13.0 Å². The Kier molecular flexibility index (Phi) is 7.90. The first kappa shape index (κ1) is 24.3. The van der Waals surface area contributed by atoms with Crippen LogP contribution in [0, 0.1) is 0 Å². The maximum atomic E-state index is 11.2. The van der Waals surface area contributed by atoms with Crippen molar-refractivity contribution in [3.8, 4) is 5.75 Å². The number of aromatic nitrogens is 1. The standard InChI is InChI=1S/C25H27BN2O5S/c1-26(32)28(16-23(29)19-5-3-11-27-14-19)15-20-8-7-17-12-22(9-10-24(17)33-20)34-21-6-2-4-18(13-21)25(30)31/h2-6,9-14,20,23,29,32H,7-8,15-16H2,1H3,(H,30,31)/t20-,23+/m1/s1. The van der Waals surface area contributed by atoms with Gasteiger partial charge in [0.25, 0.3) is 0 Å². The van der Waals surface area contributed by atoms with Crippen molar-refractivity contribution in [1.82, 2.24) is 9.79 Å². The van der Waals surface area contributed by atoms with Gasteiger partial charge in [-0.05, 0) is 67.7 Å². The van der Waals surface area contributed by atoms with Crippen LogP contribution in [0.5, 0.6) is 5.75 Å². The number of carboxylic acids is 1. The molecule has 0 bridgehead atoms. The normalized spacial score (nSPS) is 15.9. The first-order chi connectivity index (χ1) is 16.4. The molecule has 1 aliphatic rings. The van der Waals surface area contributed by atoms with Gasteiger partial charge < -0.3 is 24.8 Å². The summed E-state index contributed by atoms with van der Waals surface area (Å²) < 4.78 is 6.22. The minimum absolute atomic E-state index is 0.103. The number of aryl methyl sites for hydroxylation is 1. The van der Waals surface area contributed by atoms with Crippen molar-refractivity contribution in [3.63, 3.8) is 0 Å². The van der Waals surface area contributed by atoms with E-state index in [1.54, 1.807) is 43.5 Å². The number of pyridine rings is 1. The Bertz CT molecular complexity index is 1130. The molecule has 2 aromatic carbocycles. The van der Waals surface area contributed by atoms with Gasteiger partial charge in [0.15, 0.2) is 0 Å². The molecule has 0 saturated heterocycles. The molecule has 0 amide bonds. The highest BCUT2D eigenvalue weighted by atomic mass is 32.2. The molecule has 9 heteroatoms. The second-order valence-corrected chi connectivity index (χ2v) is 9.52. The number of benzene rings is 2. The number of aliphatic hydroxyl groups excluding tert-OH is 1. The molecule has 34 heavy (non-hydrogen) atoms. The second-order valence-electron chi connectivity index (χ2n) is 8.37. The molecule has 1 aromatic heterocycles. The van der Waals surface area contributed by atoms with Crippen molar-refractivity contribution < 1.29 is 24.8 Å². The molecule has 176 valence electrons. The van der Waals surface area contributed by atoms with E-state index in [-0.39, 0.29) is 18.2 Å². The number of aromatic carboxylic acids is 1. The third-order valence-corrected chi connectivity index (χ3v) is 6.80. The van der Waals surface area contributed by atoms with Crippen molar-refractivity contribution in [3.05, 3.63) is 83.7 Å². The molecule has 0 spiro atoms. The highest BCUT2D eigenvalue weighted by Crippen LogP contribution is 2.35. The Labute approximate surface area is 203 Å². The topological polar surface area (TPSA) is 103 Å². The molecule has 0 radical (unpaired) electrons. The third-order valence-electron chi connectivity index (χ3n) is 5.82. The summed E-state index contributed by atoms with van der Waals surface area (Å²) in [7, 11) is -0.725. The lowest BCUT2D eigenvalue weighted by molar-refractivity contribution is 0.0696. The van der Waals surface area contributed by atoms with E-state index in [2.05, 4.69) is 11.1 Å². The molecular weight excluding hydrogens is 451 g/mol. The molecule has 3 N–H and O–H groups in total. The summed E-state index contributed by atoms with van der Waals surface area (Å²) >= 11 is 1.52. The van der Waals surface area contributed by atoms with Gasteiger partial charge in [0, 0.05) is 40.8 Å². The number of fused-ring (bicyclic) bond motifs is 1. The summed E-state index contributed by atoms with van der Waals surface area (Å²) in [5, 5.41) is 30.0. The molecule has 2 heterocycles. The summed E-state index contributed by atoms with van der Waals surface area (Å²) in [5.41, 5.74) is 2.09. The lowest BCUT2D eigenvalue weighted by Crippen LogP contribution is -2.46. The minimum atomic E-state index is -0.938. The van der Waals surface area contributed by atoms with Gasteiger partial charge in [-0.3, -0.25) is 4.98 Å². The third kappa shape index (κ3) is 6.18. The number of hydrogen-bond donors (Lipinski definition) is 3. The fourth-order valence-electron chi connectivity index (χ4n) is 3.98. The van der Waals surface area contributed by atoms with E-state index in [0.29, 0.717) is 12.1 Å². The van der Waals surface area contributed by atoms with Crippen molar-refractivity contribution in [2.24, 2.45) is 0 Å². The van der Waals surface area contributed by atoms with Crippen LogP contribution < -0.4 is 4.74 Å². The monoisotopic (exact) mass is 478 g/mol. The molecular formula is C25H27BN2O5S. The summed E-state index contributed by atoms with van der Waals surface area (Å²) in [6, 6.07) is 16.5. The van der Waals surface area contributed by atoms with E-state index in [1.807, 2.05) is 29.1 Å². The lowest BCUT2D eigenvalue weighted by Gasteiger charge is -2.33.